The van der Waals surface area contributed by atoms with E-state index in [1.165, 1.54) is 23.9 Å². The third-order valence-corrected chi connectivity index (χ3v) is 5.77. The highest BCUT2D eigenvalue weighted by Crippen LogP contribution is 2.39. The van der Waals surface area contributed by atoms with Gasteiger partial charge in [-0.3, -0.25) is 4.79 Å². The number of carbonyl (C=O) groups is 1. The average molecular weight is 389 g/mol. The van der Waals surface area contributed by atoms with Gasteiger partial charge in [0.25, 0.3) is 5.22 Å². The lowest BCUT2D eigenvalue weighted by Gasteiger charge is -2.18. The molecule has 134 valence electrons. The molecule has 1 amide bonds. The van der Waals surface area contributed by atoms with Gasteiger partial charge >= 0.3 is 0 Å². The van der Waals surface area contributed by atoms with Crippen molar-refractivity contribution in [2.75, 3.05) is 5.75 Å². The minimum atomic E-state index is -0.312. The van der Waals surface area contributed by atoms with Gasteiger partial charge in [-0.1, -0.05) is 30.0 Å². The predicted octanol–water partition coefficient (Wildman–Crippen LogP) is 4.15. The Bertz CT molecular complexity index is 876. The van der Waals surface area contributed by atoms with E-state index in [1.54, 1.807) is 23.5 Å². The number of nitrogens with one attached hydrogen (secondary N) is 1. The van der Waals surface area contributed by atoms with Gasteiger partial charge < -0.3 is 9.73 Å². The Balaban J connectivity index is 1.41. The Morgan fingerprint density at radius 1 is 1.31 bits per heavy atom. The summed E-state index contributed by atoms with van der Waals surface area (Å²) < 4.78 is 18.8. The molecule has 2 heterocycles. The molecule has 1 aliphatic carbocycles. The van der Waals surface area contributed by atoms with Gasteiger partial charge in [0.05, 0.1) is 11.8 Å². The quantitative estimate of drug-likeness (QED) is 0.615. The van der Waals surface area contributed by atoms with E-state index in [4.69, 9.17) is 4.42 Å². The lowest BCUT2D eigenvalue weighted by Crippen LogP contribution is -2.30. The summed E-state index contributed by atoms with van der Waals surface area (Å²) in [6, 6.07) is 9.73. The first-order chi connectivity index (χ1) is 12.7. The van der Waals surface area contributed by atoms with Crippen LogP contribution in [-0.4, -0.2) is 21.9 Å². The maximum atomic E-state index is 13.2. The molecule has 2 aromatic heterocycles. The molecule has 0 spiro atoms. The van der Waals surface area contributed by atoms with Crippen LogP contribution in [-0.2, 0) is 4.79 Å². The Kier molecular flexibility index (Phi) is 5.03. The third kappa shape index (κ3) is 4.13. The molecule has 26 heavy (non-hydrogen) atoms. The Morgan fingerprint density at radius 2 is 2.12 bits per heavy atom. The van der Waals surface area contributed by atoms with Crippen LogP contribution < -0.4 is 5.32 Å². The van der Waals surface area contributed by atoms with Gasteiger partial charge in [-0.15, -0.1) is 21.5 Å². The van der Waals surface area contributed by atoms with E-state index in [-0.39, 0.29) is 23.5 Å². The van der Waals surface area contributed by atoms with Crippen LogP contribution in [0.5, 0.6) is 0 Å². The number of carbonyl (C=O) groups excluding carboxylic acids is 1. The summed E-state index contributed by atoms with van der Waals surface area (Å²) in [5.41, 5.74) is 0.834. The summed E-state index contributed by atoms with van der Waals surface area (Å²) in [5.74, 6) is 0.783. The molecule has 3 aromatic rings. The number of hydrogen-bond donors (Lipinski definition) is 1. The molecule has 1 saturated carbocycles. The normalized spacial score (nSPS) is 15.0. The van der Waals surface area contributed by atoms with E-state index in [9.17, 15) is 9.18 Å². The number of halogens is 1. The number of aromatic nitrogens is 2. The van der Waals surface area contributed by atoms with Gasteiger partial charge in [0, 0.05) is 10.8 Å². The Labute approximate surface area is 158 Å². The topological polar surface area (TPSA) is 68.0 Å². The zero-order chi connectivity index (χ0) is 17.9. The molecule has 0 bridgehead atoms. The van der Waals surface area contributed by atoms with Gasteiger partial charge in [-0.2, -0.15) is 0 Å². The smallest absolute Gasteiger partial charge is 0.277 e. The van der Waals surface area contributed by atoms with Crippen molar-refractivity contribution in [1.29, 1.82) is 0 Å². The fourth-order valence-electron chi connectivity index (χ4n) is 2.53. The van der Waals surface area contributed by atoms with E-state index >= 15 is 0 Å². The lowest BCUT2D eigenvalue weighted by molar-refractivity contribution is -0.119. The van der Waals surface area contributed by atoms with Crippen molar-refractivity contribution >= 4 is 29.0 Å². The fraction of sp³-hybridized carbons (Fsp3) is 0.278. The van der Waals surface area contributed by atoms with Crippen molar-refractivity contribution in [2.45, 2.75) is 30.0 Å². The van der Waals surface area contributed by atoms with Crippen molar-refractivity contribution in [3.63, 3.8) is 0 Å². The fourth-order valence-corrected chi connectivity index (χ4v) is 3.92. The van der Waals surface area contributed by atoms with E-state index in [2.05, 4.69) is 15.5 Å². The molecule has 1 fully saturated rings. The molecule has 0 aliphatic heterocycles. The van der Waals surface area contributed by atoms with Crippen molar-refractivity contribution in [2.24, 2.45) is 0 Å². The summed E-state index contributed by atoms with van der Waals surface area (Å²) in [4.78, 5) is 13.4. The highest BCUT2D eigenvalue weighted by molar-refractivity contribution is 7.99. The first-order valence-electron chi connectivity index (χ1n) is 8.23. The summed E-state index contributed by atoms with van der Waals surface area (Å²) in [5, 5.41) is 13.4. The van der Waals surface area contributed by atoms with Gasteiger partial charge in [0.2, 0.25) is 11.8 Å². The van der Waals surface area contributed by atoms with Crippen molar-refractivity contribution in [3.05, 3.63) is 63.9 Å². The van der Waals surface area contributed by atoms with Crippen LogP contribution in [0, 0.1) is 5.82 Å². The molecule has 5 nitrogen and oxygen atoms in total. The van der Waals surface area contributed by atoms with Crippen LogP contribution in [0.2, 0.25) is 0 Å². The second kappa shape index (κ2) is 7.59. The highest BCUT2D eigenvalue weighted by atomic mass is 32.2. The first-order valence-corrected chi connectivity index (χ1v) is 10.1. The molecule has 4 rings (SSSR count). The zero-order valence-corrected chi connectivity index (χ0v) is 15.4. The van der Waals surface area contributed by atoms with Crippen LogP contribution in [0.4, 0.5) is 4.39 Å². The molecule has 1 atom stereocenters. The van der Waals surface area contributed by atoms with Crippen LogP contribution in [0.15, 0.2) is 51.4 Å². The second-order valence-electron chi connectivity index (χ2n) is 6.04. The minimum Gasteiger partial charge on any atom is -0.416 e. The number of hydrogen-bond acceptors (Lipinski definition) is 6. The molecular formula is C18H16FN3O2S2. The number of benzene rings is 1. The van der Waals surface area contributed by atoms with Gasteiger partial charge in [-0.05, 0) is 42.0 Å². The molecule has 1 aliphatic rings. The third-order valence-electron chi connectivity index (χ3n) is 4.01. The summed E-state index contributed by atoms with van der Waals surface area (Å²) in [6.07, 6.45) is 2.18. The molecule has 1 N–H and O–H groups in total. The maximum Gasteiger partial charge on any atom is 0.277 e. The minimum absolute atomic E-state index is 0.149. The molecular weight excluding hydrogens is 373 g/mol. The van der Waals surface area contributed by atoms with Crippen LogP contribution in [0.3, 0.4) is 0 Å². The molecule has 1 aromatic carbocycles. The van der Waals surface area contributed by atoms with Gasteiger partial charge in [0.1, 0.15) is 5.82 Å². The highest BCUT2D eigenvalue weighted by Gasteiger charge is 2.29. The SMILES string of the molecule is O=C(CSc1nnc(C2CC2)o1)N[C@H](c1ccc(F)cc1)c1cccs1. The number of nitrogens with zero attached hydrogens (tertiary/aromatic N) is 2. The Morgan fingerprint density at radius 3 is 2.81 bits per heavy atom. The second-order valence-corrected chi connectivity index (χ2v) is 7.94. The van der Waals surface area contributed by atoms with Crippen molar-refractivity contribution in [1.82, 2.24) is 15.5 Å². The lowest BCUT2D eigenvalue weighted by atomic mass is 10.1. The van der Waals surface area contributed by atoms with Gasteiger partial charge in [0.15, 0.2) is 0 Å². The van der Waals surface area contributed by atoms with Gasteiger partial charge in [-0.25, -0.2) is 4.39 Å². The predicted molar refractivity (Wildman–Crippen MR) is 97.7 cm³/mol. The van der Waals surface area contributed by atoms with E-state index in [1.807, 2.05) is 17.5 Å². The van der Waals surface area contributed by atoms with Crippen LogP contribution >= 0.6 is 23.1 Å². The van der Waals surface area contributed by atoms with Crippen molar-refractivity contribution in [3.8, 4) is 0 Å². The summed E-state index contributed by atoms with van der Waals surface area (Å²) >= 11 is 2.77. The zero-order valence-electron chi connectivity index (χ0n) is 13.7. The van der Waals surface area contributed by atoms with Crippen molar-refractivity contribution < 1.29 is 13.6 Å². The molecule has 8 heteroatoms. The van der Waals surface area contributed by atoms with Crippen LogP contribution in [0.1, 0.15) is 41.1 Å². The van der Waals surface area contributed by atoms with Crippen LogP contribution in [0.25, 0.3) is 0 Å². The Hall–Kier alpha value is -2.19. The standard InChI is InChI=1S/C18H16FN3O2S2/c19-13-7-5-11(6-8-13)16(14-2-1-9-25-14)20-15(23)10-26-18-22-21-17(24-18)12-3-4-12/h1-2,5-9,12,16H,3-4,10H2,(H,20,23)/t16-/m1/s1. The maximum absolute atomic E-state index is 13.2. The number of thiophene rings is 1. The van der Waals surface area contributed by atoms with E-state index in [0.717, 1.165) is 23.3 Å². The summed E-state index contributed by atoms with van der Waals surface area (Å²) in [6.45, 7) is 0. The number of thioether (sulfide) groups is 1. The number of amides is 1. The average Bonchev–Trinajstić information content (AvgIpc) is 3.16. The molecule has 0 unspecified atom stereocenters. The van der Waals surface area contributed by atoms with E-state index in [0.29, 0.717) is 17.0 Å². The first kappa shape index (κ1) is 17.2. The monoisotopic (exact) mass is 389 g/mol. The van der Waals surface area contributed by atoms with E-state index < -0.39 is 0 Å². The summed E-state index contributed by atoms with van der Waals surface area (Å²) in [7, 11) is 0. The largest absolute Gasteiger partial charge is 0.416 e. The molecule has 0 radical (unpaired) electrons. The molecule has 0 saturated heterocycles. The number of rotatable bonds is 7.